The molecule has 1 heterocycles. The van der Waals surface area contributed by atoms with Gasteiger partial charge in [-0.05, 0) is 6.92 Å². The van der Waals surface area contributed by atoms with Crippen LogP contribution in [0.5, 0.6) is 0 Å². The topological polar surface area (TPSA) is 107 Å². The molecule has 0 saturated carbocycles. The summed E-state index contributed by atoms with van der Waals surface area (Å²) in [4.78, 5) is 26.1. The molecule has 21 heavy (non-hydrogen) atoms. The average Bonchev–Trinajstić information content (AvgIpc) is 2.34. The van der Waals surface area contributed by atoms with Crippen molar-refractivity contribution in [1.29, 1.82) is 0 Å². The maximum absolute atomic E-state index is 12.0. The highest BCUT2D eigenvalue weighted by Crippen LogP contribution is 2.03. The summed E-state index contributed by atoms with van der Waals surface area (Å²) in [6, 6.07) is -0.707. The van der Waals surface area contributed by atoms with Crippen LogP contribution in [-0.2, 0) is 14.6 Å². The summed E-state index contributed by atoms with van der Waals surface area (Å²) in [6.45, 7) is 4.41. The van der Waals surface area contributed by atoms with Gasteiger partial charge in [0, 0.05) is 45.0 Å². The minimum absolute atomic E-state index is 0.0860. The highest BCUT2D eigenvalue weighted by Gasteiger charge is 2.23. The molecular formula is C12H23N3O5S. The Morgan fingerprint density at radius 3 is 2.29 bits per heavy atom. The molecule has 2 N–H and O–H groups in total. The monoisotopic (exact) mass is 321 g/mol. The van der Waals surface area contributed by atoms with Crippen molar-refractivity contribution in [2.75, 3.05) is 44.7 Å². The lowest BCUT2D eigenvalue weighted by atomic mass is 10.3. The van der Waals surface area contributed by atoms with Crippen molar-refractivity contribution in [1.82, 2.24) is 15.1 Å². The van der Waals surface area contributed by atoms with Crippen LogP contribution in [0.3, 0.4) is 0 Å². The highest BCUT2D eigenvalue weighted by atomic mass is 32.2. The van der Waals surface area contributed by atoms with Crippen molar-refractivity contribution < 1.29 is 23.1 Å². The number of amides is 2. The smallest absolute Gasteiger partial charge is 0.317 e. The van der Waals surface area contributed by atoms with Gasteiger partial charge in [0.05, 0.1) is 12.2 Å². The Kier molecular flexibility index (Phi) is 6.41. The molecule has 0 radical (unpaired) electrons. The number of piperazine rings is 1. The lowest BCUT2D eigenvalue weighted by molar-refractivity contribution is -0.137. The first-order valence-electron chi connectivity index (χ1n) is 6.84. The lowest BCUT2D eigenvalue weighted by Crippen LogP contribution is -2.54. The van der Waals surface area contributed by atoms with Crippen molar-refractivity contribution >= 4 is 21.8 Å². The number of rotatable bonds is 6. The molecule has 8 nitrogen and oxygen atoms in total. The molecule has 0 aliphatic carbocycles. The molecular weight excluding hydrogens is 298 g/mol. The number of sulfone groups is 1. The molecule has 0 aromatic carbocycles. The summed E-state index contributed by atoms with van der Waals surface area (Å²) in [7, 11) is -3.12. The van der Waals surface area contributed by atoms with Gasteiger partial charge in [0.1, 0.15) is 9.84 Å². The van der Waals surface area contributed by atoms with Crippen LogP contribution in [0.4, 0.5) is 4.79 Å². The molecule has 0 aromatic heterocycles. The zero-order valence-corrected chi connectivity index (χ0v) is 13.2. The first-order valence-corrected chi connectivity index (χ1v) is 8.91. The van der Waals surface area contributed by atoms with Crippen molar-refractivity contribution in [3.8, 4) is 0 Å². The fourth-order valence-electron chi connectivity index (χ4n) is 2.23. The minimum atomic E-state index is -3.12. The summed E-state index contributed by atoms with van der Waals surface area (Å²) < 4.78 is 22.3. The Morgan fingerprint density at radius 2 is 1.81 bits per heavy atom. The van der Waals surface area contributed by atoms with Crippen molar-refractivity contribution in [3.63, 3.8) is 0 Å². The summed E-state index contributed by atoms with van der Waals surface area (Å²) in [6.07, 6.45) is 1.23. The van der Waals surface area contributed by atoms with Crippen LogP contribution in [0.25, 0.3) is 0 Å². The molecule has 0 aromatic rings. The Morgan fingerprint density at radius 1 is 1.24 bits per heavy atom. The van der Waals surface area contributed by atoms with Gasteiger partial charge < -0.3 is 15.3 Å². The fraction of sp³-hybridized carbons (Fsp3) is 0.833. The summed E-state index contributed by atoms with van der Waals surface area (Å²) in [5.74, 6) is -0.915. The molecule has 122 valence electrons. The van der Waals surface area contributed by atoms with Gasteiger partial charge in [-0.15, -0.1) is 0 Å². The molecule has 9 heteroatoms. The van der Waals surface area contributed by atoms with Crippen LogP contribution in [0.2, 0.25) is 0 Å². The minimum Gasteiger partial charge on any atom is -0.481 e. The van der Waals surface area contributed by atoms with Gasteiger partial charge in [-0.2, -0.15) is 0 Å². The number of hydrogen-bond acceptors (Lipinski definition) is 5. The molecule has 1 atom stereocenters. The third-order valence-electron chi connectivity index (χ3n) is 3.22. The maximum atomic E-state index is 12.0. The van der Waals surface area contributed by atoms with Crippen LogP contribution in [0.1, 0.15) is 13.3 Å². The maximum Gasteiger partial charge on any atom is 0.317 e. The Labute approximate surface area is 125 Å². The van der Waals surface area contributed by atoms with Gasteiger partial charge >= 0.3 is 12.0 Å². The Bertz CT molecular complexity index is 471. The van der Waals surface area contributed by atoms with Crippen LogP contribution < -0.4 is 5.32 Å². The first kappa shape index (κ1) is 17.7. The van der Waals surface area contributed by atoms with Gasteiger partial charge in [0.2, 0.25) is 0 Å². The van der Waals surface area contributed by atoms with Crippen molar-refractivity contribution in [3.05, 3.63) is 0 Å². The highest BCUT2D eigenvalue weighted by molar-refractivity contribution is 7.90. The van der Waals surface area contributed by atoms with E-state index in [1.165, 1.54) is 0 Å². The normalized spacial score (nSPS) is 18.3. The number of nitrogens with one attached hydrogen (secondary N) is 1. The van der Waals surface area contributed by atoms with E-state index in [1.54, 1.807) is 11.8 Å². The third-order valence-corrected chi connectivity index (χ3v) is 4.33. The number of hydrogen-bond donors (Lipinski definition) is 2. The zero-order chi connectivity index (χ0) is 16.0. The predicted octanol–water partition coefficient (Wildman–Crippen LogP) is -0.779. The second kappa shape index (κ2) is 7.60. The molecule has 1 unspecified atom stereocenters. The molecule has 1 fully saturated rings. The number of carbonyl (C=O) groups excluding carboxylic acids is 1. The van der Waals surface area contributed by atoms with E-state index < -0.39 is 21.8 Å². The van der Waals surface area contributed by atoms with E-state index in [4.69, 9.17) is 5.11 Å². The van der Waals surface area contributed by atoms with Crippen molar-refractivity contribution in [2.24, 2.45) is 0 Å². The molecule has 0 bridgehead atoms. The van der Waals surface area contributed by atoms with Gasteiger partial charge in [-0.3, -0.25) is 9.69 Å². The van der Waals surface area contributed by atoms with E-state index in [0.717, 1.165) is 6.26 Å². The van der Waals surface area contributed by atoms with Crippen LogP contribution in [0, 0.1) is 0 Å². The Balaban J connectivity index is 2.33. The number of carboxylic acid groups (broad SMARTS) is 1. The van der Waals surface area contributed by atoms with Crippen LogP contribution in [0.15, 0.2) is 0 Å². The largest absolute Gasteiger partial charge is 0.481 e. The number of urea groups is 1. The number of carbonyl (C=O) groups is 2. The summed E-state index contributed by atoms with van der Waals surface area (Å²) in [5.41, 5.74) is 0. The van der Waals surface area contributed by atoms with Gasteiger partial charge in [0.25, 0.3) is 0 Å². The summed E-state index contributed by atoms with van der Waals surface area (Å²) in [5, 5.41) is 11.3. The zero-order valence-electron chi connectivity index (χ0n) is 12.4. The third kappa shape index (κ3) is 7.28. The number of carboxylic acids is 1. The molecule has 1 aliphatic heterocycles. The van der Waals surface area contributed by atoms with E-state index in [-0.39, 0.29) is 18.2 Å². The number of nitrogens with zero attached hydrogens (tertiary/aromatic N) is 2. The van der Waals surface area contributed by atoms with Crippen LogP contribution >= 0.6 is 0 Å². The second-order valence-electron chi connectivity index (χ2n) is 5.42. The standard InChI is InChI=1S/C12H23N3O5S/c1-10(9-21(2,19)20)13-12(18)15-7-5-14(6-8-15)4-3-11(16)17/h10H,3-9H2,1-2H3,(H,13,18)(H,16,17). The molecule has 2 amide bonds. The predicted molar refractivity (Wildman–Crippen MR) is 78.0 cm³/mol. The quantitative estimate of drug-likeness (QED) is 0.665. The average molecular weight is 321 g/mol. The van der Waals surface area contributed by atoms with E-state index >= 15 is 0 Å². The van der Waals surface area contributed by atoms with E-state index in [1.807, 2.05) is 4.90 Å². The van der Waals surface area contributed by atoms with Crippen molar-refractivity contribution in [2.45, 2.75) is 19.4 Å². The lowest BCUT2D eigenvalue weighted by Gasteiger charge is -2.35. The van der Waals surface area contributed by atoms with Gasteiger partial charge in [0.15, 0.2) is 0 Å². The van der Waals surface area contributed by atoms with Gasteiger partial charge in [-0.25, -0.2) is 13.2 Å². The van der Waals surface area contributed by atoms with Gasteiger partial charge in [-0.1, -0.05) is 0 Å². The summed E-state index contributed by atoms with van der Waals surface area (Å²) >= 11 is 0. The first-order chi connectivity index (χ1) is 9.67. The molecule has 1 saturated heterocycles. The van der Waals surface area contributed by atoms with E-state index in [9.17, 15) is 18.0 Å². The molecule has 0 spiro atoms. The second-order valence-corrected chi connectivity index (χ2v) is 7.60. The fourth-order valence-corrected chi connectivity index (χ4v) is 3.22. The van der Waals surface area contributed by atoms with E-state index in [2.05, 4.69) is 5.32 Å². The van der Waals surface area contributed by atoms with E-state index in [0.29, 0.717) is 32.7 Å². The van der Waals surface area contributed by atoms with Crippen LogP contribution in [-0.4, -0.2) is 86.1 Å². The Hall–Kier alpha value is -1.35. The SMILES string of the molecule is CC(CS(C)(=O)=O)NC(=O)N1CCN(CCC(=O)O)CC1. The number of aliphatic carboxylic acids is 1. The molecule has 1 rings (SSSR count). The molecule has 1 aliphatic rings.